The number of imidazole rings is 1. The first-order valence-corrected chi connectivity index (χ1v) is 12.4. The van der Waals surface area contributed by atoms with Crippen LogP contribution in [0.1, 0.15) is 5.82 Å². The SMILES string of the molecule is COc1cccc(S(=O)(=O)NCc2noc(-c3nn(CCn4ccnc4)c4ccccc34)n2)c1OC. The van der Waals surface area contributed by atoms with Gasteiger partial charge in [0.15, 0.2) is 23.0 Å². The van der Waals surface area contributed by atoms with Gasteiger partial charge in [-0.25, -0.2) is 18.1 Å². The quantitative estimate of drug-likeness (QED) is 0.301. The zero-order valence-electron chi connectivity index (χ0n) is 19.5. The monoisotopic (exact) mass is 509 g/mol. The van der Waals surface area contributed by atoms with Crippen molar-refractivity contribution in [3.05, 3.63) is 67.0 Å². The molecule has 5 rings (SSSR count). The molecule has 0 radical (unpaired) electrons. The number of aromatic nitrogens is 6. The third-order valence-corrected chi connectivity index (χ3v) is 6.96. The summed E-state index contributed by atoms with van der Waals surface area (Å²) in [6.07, 6.45) is 5.36. The lowest BCUT2D eigenvalue weighted by Crippen LogP contribution is -2.24. The Bertz CT molecular complexity index is 1590. The minimum atomic E-state index is -3.95. The summed E-state index contributed by atoms with van der Waals surface area (Å²) in [6.45, 7) is 1.11. The summed E-state index contributed by atoms with van der Waals surface area (Å²) in [5.41, 5.74) is 1.44. The van der Waals surface area contributed by atoms with Crippen molar-refractivity contribution < 1.29 is 22.4 Å². The Morgan fingerprint density at radius 2 is 1.92 bits per heavy atom. The molecule has 0 aliphatic carbocycles. The highest BCUT2D eigenvalue weighted by molar-refractivity contribution is 7.89. The number of sulfonamides is 1. The lowest BCUT2D eigenvalue weighted by atomic mass is 10.2. The van der Waals surface area contributed by atoms with Gasteiger partial charge in [-0.1, -0.05) is 29.4 Å². The van der Waals surface area contributed by atoms with Crippen molar-refractivity contribution in [1.29, 1.82) is 0 Å². The summed E-state index contributed by atoms with van der Waals surface area (Å²) < 4.78 is 48.0. The van der Waals surface area contributed by atoms with E-state index in [1.807, 2.05) is 39.7 Å². The Balaban J connectivity index is 1.37. The molecule has 0 aliphatic heterocycles. The molecule has 0 bridgehead atoms. The summed E-state index contributed by atoms with van der Waals surface area (Å²) in [4.78, 5) is 8.38. The van der Waals surface area contributed by atoms with Gasteiger partial charge in [-0.3, -0.25) is 4.68 Å². The number of rotatable bonds is 10. The number of benzene rings is 2. The van der Waals surface area contributed by atoms with Crippen LogP contribution in [0.5, 0.6) is 11.5 Å². The third-order valence-electron chi connectivity index (χ3n) is 5.53. The Morgan fingerprint density at radius 1 is 1.06 bits per heavy atom. The van der Waals surface area contributed by atoms with Crippen LogP contribution in [-0.2, 0) is 29.7 Å². The van der Waals surface area contributed by atoms with E-state index >= 15 is 0 Å². The van der Waals surface area contributed by atoms with Crippen LogP contribution >= 0.6 is 0 Å². The average Bonchev–Trinajstić information content (AvgIpc) is 3.66. The van der Waals surface area contributed by atoms with Crippen LogP contribution in [0.3, 0.4) is 0 Å². The van der Waals surface area contributed by atoms with E-state index in [9.17, 15) is 8.42 Å². The number of fused-ring (bicyclic) bond motifs is 1. The largest absolute Gasteiger partial charge is 0.493 e. The summed E-state index contributed by atoms with van der Waals surface area (Å²) in [5.74, 6) is 0.764. The second kappa shape index (κ2) is 9.79. The van der Waals surface area contributed by atoms with Gasteiger partial charge in [0.2, 0.25) is 10.0 Å². The maximum absolute atomic E-state index is 12.9. The molecule has 186 valence electrons. The van der Waals surface area contributed by atoms with E-state index in [2.05, 4.69) is 24.9 Å². The normalized spacial score (nSPS) is 11.7. The van der Waals surface area contributed by atoms with Gasteiger partial charge in [0.05, 0.1) is 39.2 Å². The number of hydrogen-bond donors (Lipinski definition) is 1. The molecule has 3 heterocycles. The van der Waals surface area contributed by atoms with E-state index in [0.29, 0.717) is 24.5 Å². The van der Waals surface area contributed by atoms with Gasteiger partial charge in [0.25, 0.3) is 5.89 Å². The molecule has 0 atom stereocenters. The molecule has 0 saturated heterocycles. The number of para-hydroxylation sites is 2. The molecule has 0 fully saturated rings. The molecule has 12 nitrogen and oxygen atoms in total. The van der Waals surface area contributed by atoms with Crippen molar-refractivity contribution in [3.8, 4) is 23.1 Å². The van der Waals surface area contributed by atoms with Crippen LogP contribution in [0.25, 0.3) is 22.5 Å². The standard InChI is InChI=1S/C23H23N7O5S/c1-33-18-8-5-9-19(22(18)34-2)36(31,32)25-14-20-26-23(35-28-20)21-16-6-3-4-7-17(16)30(27-21)13-12-29-11-10-24-15-29/h3-11,15,25H,12-14H2,1-2H3. The van der Waals surface area contributed by atoms with Gasteiger partial charge in [0, 0.05) is 24.3 Å². The molecular formula is C23H23N7O5S. The van der Waals surface area contributed by atoms with Crippen molar-refractivity contribution >= 4 is 20.9 Å². The summed E-state index contributed by atoms with van der Waals surface area (Å²) in [6, 6.07) is 12.3. The Hall–Kier alpha value is -4.23. The van der Waals surface area contributed by atoms with Gasteiger partial charge in [-0.15, -0.1) is 0 Å². The highest BCUT2D eigenvalue weighted by atomic mass is 32.2. The van der Waals surface area contributed by atoms with Gasteiger partial charge < -0.3 is 18.6 Å². The molecule has 5 aromatic rings. The number of hydrogen-bond acceptors (Lipinski definition) is 9. The molecule has 2 aromatic carbocycles. The lowest BCUT2D eigenvalue weighted by Gasteiger charge is -2.12. The fourth-order valence-corrected chi connectivity index (χ4v) is 4.97. The summed E-state index contributed by atoms with van der Waals surface area (Å²) in [5, 5.41) is 9.47. The fourth-order valence-electron chi connectivity index (χ4n) is 3.81. The van der Waals surface area contributed by atoms with Crippen LogP contribution < -0.4 is 14.2 Å². The number of methoxy groups -OCH3 is 2. The van der Waals surface area contributed by atoms with Crippen LogP contribution in [-0.4, -0.2) is 52.1 Å². The maximum Gasteiger partial charge on any atom is 0.279 e. The van der Waals surface area contributed by atoms with E-state index in [-0.39, 0.29) is 28.9 Å². The van der Waals surface area contributed by atoms with Gasteiger partial charge in [-0.2, -0.15) is 10.1 Å². The molecule has 13 heteroatoms. The molecule has 0 amide bonds. The third kappa shape index (κ3) is 4.53. The topological polar surface area (TPSA) is 139 Å². The number of aryl methyl sites for hydroxylation is 2. The van der Waals surface area contributed by atoms with Crippen molar-refractivity contribution in [1.82, 2.24) is 34.2 Å². The Labute approximate surface area is 206 Å². The molecule has 0 aliphatic rings. The molecule has 0 spiro atoms. The zero-order valence-corrected chi connectivity index (χ0v) is 20.3. The highest BCUT2D eigenvalue weighted by Crippen LogP contribution is 2.33. The van der Waals surface area contributed by atoms with Gasteiger partial charge >= 0.3 is 0 Å². The van der Waals surface area contributed by atoms with Crippen LogP contribution in [0.4, 0.5) is 0 Å². The predicted octanol–water partition coefficient (Wildman–Crippen LogP) is 2.48. The fraction of sp³-hybridized carbons (Fsp3) is 0.217. The number of nitrogens with zero attached hydrogens (tertiary/aromatic N) is 6. The average molecular weight is 510 g/mol. The Kier molecular flexibility index (Phi) is 6.40. The van der Waals surface area contributed by atoms with Gasteiger partial charge in [-0.05, 0) is 18.2 Å². The van der Waals surface area contributed by atoms with Crippen LogP contribution in [0, 0.1) is 0 Å². The highest BCUT2D eigenvalue weighted by Gasteiger charge is 2.24. The van der Waals surface area contributed by atoms with Crippen molar-refractivity contribution in [3.63, 3.8) is 0 Å². The van der Waals surface area contributed by atoms with Crippen molar-refractivity contribution in [2.75, 3.05) is 14.2 Å². The first-order chi connectivity index (χ1) is 17.5. The molecular weight excluding hydrogens is 486 g/mol. The second-order valence-electron chi connectivity index (χ2n) is 7.72. The minimum absolute atomic E-state index is 0.0595. The van der Waals surface area contributed by atoms with Crippen LogP contribution in [0.15, 0.2) is 70.6 Å². The first kappa shape index (κ1) is 23.5. The van der Waals surface area contributed by atoms with E-state index in [1.54, 1.807) is 24.7 Å². The molecule has 3 aromatic heterocycles. The molecule has 0 unspecified atom stereocenters. The summed E-state index contributed by atoms with van der Waals surface area (Å²) >= 11 is 0. The number of ether oxygens (including phenoxy) is 2. The molecule has 0 saturated carbocycles. The van der Waals surface area contributed by atoms with Gasteiger partial charge in [0.1, 0.15) is 4.90 Å². The Morgan fingerprint density at radius 3 is 2.69 bits per heavy atom. The second-order valence-corrected chi connectivity index (χ2v) is 9.46. The molecule has 36 heavy (non-hydrogen) atoms. The lowest BCUT2D eigenvalue weighted by molar-refractivity contribution is 0.346. The first-order valence-electron chi connectivity index (χ1n) is 10.9. The van der Waals surface area contributed by atoms with E-state index in [1.165, 1.54) is 20.3 Å². The van der Waals surface area contributed by atoms with E-state index < -0.39 is 10.0 Å². The van der Waals surface area contributed by atoms with Crippen LogP contribution in [0.2, 0.25) is 0 Å². The van der Waals surface area contributed by atoms with E-state index in [0.717, 1.165) is 10.9 Å². The summed E-state index contributed by atoms with van der Waals surface area (Å²) in [7, 11) is -1.14. The maximum atomic E-state index is 12.9. The van der Waals surface area contributed by atoms with Crippen molar-refractivity contribution in [2.24, 2.45) is 0 Å². The number of nitrogens with one attached hydrogen (secondary N) is 1. The minimum Gasteiger partial charge on any atom is -0.493 e. The smallest absolute Gasteiger partial charge is 0.279 e. The zero-order chi connectivity index (χ0) is 25.1. The molecule has 1 N–H and O–H groups in total. The predicted molar refractivity (Wildman–Crippen MR) is 129 cm³/mol. The van der Waals surface area contributed by atoms with E-state index in [4.69, 9.17) is 14.0 Å². The van der Waals surface area contributed by atoms with Crippen molar-refractivity contribution in [2.45, 2.75) is 24.5 Å².